The maximum absolute atomic E-state index is 13.4. The van der Waals surface area contributed by atoms with Crippen LogP contribution in [0.2, 0.25) is 10.0 Å². The van der Waals surface area contributed by atoms with Gasteiger partial charge in [0.15, 0.2) is 5.78 Å². The molecule has 1 N–H and O–H groups in total. The van der Waals surface area contributed by atoms with Crippen LogP contribution >= 0.6 is 23.2 Å². The van der Waals surface area contributed by atoms with Gasteiger partial charge in [-0.25, -0.2) is 4.79 Å². The molecule has 3 aromatic rings. The zero-order valence-electron chi connectivity index (χ0n) is 16.3. The number of hydrogen-bond acceptors (Lipinski definition) is 3. The van der Waals surface area contributed by atoms with Crippen molar-refractivity contribution in [1.29, 1.82) is 0 Å². The van der Waals surface area contributed by atoms with Gasteiger partial charge < -0.3 is 5.11 Å². The summed E-state index contributed by atoms with van der Waals surface area (Å²) in [5, 5.41) is 10.0. The minimum atomic E-state index is -1.10. The first-order valence-corrected chi connectivity index (χ1v) is 10.3. The van der Waals surface area contributed by atoms with Gasteiger partial charge in [0, 0.05) is 23.2 Å². The molecule has 3 aromatic carbocycles. The van der Waals surface area contributed by atoms with E-state index in [4.69, 9.17) is 23.2 Å². The van der Waals surface area contributed by atoms with Crippen LogP contribution in [0.1, 0.15) is 26.3 Å². The molecule has 0 fully saturated rings. The van der Waals surface area contributed by atoms with E-state index in [1.54, 1.807) is 54.8 Å². The standard InChI is InChI=1S/C25H17Cl2NO3/c26-20-8-9-21(22(27)14-20)23(29)25(10-3-11-28-25)15-16-4-1-5-17(12-16)18-6-2-7-19(13-18)24(30)31/h1-14H,15H2,(H,30,31). The van der Waals surface area contributed by atoms with Crippen molar-refractivity contribution >= 4 is 41.2 Å². The number of rotatable bonds is 6. The van der Waals surface area contributed by atoms with Crippen LogP contribution in [-0.4, -0.2) is 28.6 Å². The number of carboxylic acid groups (broad SMARTS) is 1. The van der Waals surface area contributed by atoms with Gasteiger partial charge in [-0.05, 0) is 59.2 Å². The third-order valence-corrected chi connectivity index (χ3v) is 5.72. The van der Waals surface area contributed by atoms with Crippen LogP contribution in [0.4, 0.5) is 0 Å². The Morgan fingerprint density at radius 3 is 2.35 bits per heavy atom. The number of benzene rings is 3. The Kier molecular flexibility index (Phi) is 5.77. The lowest BCUT2D eigenvalue weighted by molar-refractivity contribution is 0.0696. The summed E-state index contributed by atoms with van der Waals surface area (Å²) in [5.41, 5.74) is 2.02. The van der Waals surface area contributed by atoms with Gasteiger partial charge in [-0.15, -0.1) is 0 Å². The fraction of sp³-hybridized carbons (Fsp3) is 0.0800. The molecular formula is C25H17Cl2NO3. The lowest BCUT2D eigenvalue weighted by Gasteiger charge is -2.24. The number of ketones is 1. The van der Waals surface area contributed by atoms with Crippen molar-refractivity contribution in [3.63, 3.8) is 0 Å². The lowest BCUT2D eigenvalue weighted by Crippen LogP contribution is -2.36. The number of hydrogen-bond donors (Lipinski definition) is 1. The number of aliphatic imine (C=N–C) groups is 1. The zero-order chi connectivity index (χ0) is 22.0. The molecule has 1 unspecified atom stereocenters. The monoisotopic (exact) mass is 449 g/mol. The highest BCUT2D eigenvalue weighted by molar-refractivity contribution is 6.37. The molecular weight excluding hydrogens is 433 g/mol. The molecule has 0 amide bonds. The summed E-state index contributed by atoms with van der Waals surface area (Å²) in [6, 6.07) is 19.2. The van der Waals surface area contributed by atoms with E-state index < -0.39 is 11.5 Å². The van der Waals surface area contributed by atoms with Gasteiger partial charge in [0.1, 0.15) is 5.54 Å². The summed E-state index contributed by atoms with van der Waals surface area (Å²) >= 11 is 12.3. The minimum Gasteiger partial charge on any atom is -0.478 e. The molecule has 0 bridgehead atoms. The van der Waals surface area contributed by atoms with Crippen molar-refractivity contribution in [2.24, 2.45) is 4.99 Å². The maximum atomic E-state index is 13.4. The number of nitrogens with zero attached hydrogens (tertiary/aromatic N) is 1. The number of carboxylic acids is 1. The molecule has 154 valence electrons. The number of Topliss-reactive ketones (excluding diaryl/α,β-unsaturated/α-hetero) is 1. The Morgan fingerprint density at radius 1 is 0.935 bits per heavy atom. The maximum Gasteiger partial charge on any atom is 0.335 e. The van der Waals surface area contributed by atoms with E-state index in [1.807, 2.05) is 30.3 Å². The Bertz CT molecular complexity index is 1240. The Hall–Kier alpha value is -3.21. The number of allylic oxidation sites excluding steroid dienone is 1. The van der Waals surface area contributed by atoms with Crippen molar-refractivity contribution in [1.82, 2.24) is 0 Å². The molecule has 4 rings (SSSR count). The molecule has 0 saturated carbocycles. The van der Waals surface area contributed by atoms with E-state index in [-0.39, 0.29) is 16.4 Å². The first-order chi connectivity index (χ1) is 14.9. The van der Waals surface area contributed by atoms with E-state index >= 15 is 0 Å². The van der Waals surface area contributed by atoms with E-state index in [1.165, 1.54) is 0 Å². The third-order valence-electron chi connectivity index (χ3n) is 5.18. The largest absolute Gasteiger partial charge is 0.478 e. The van der Waals surface area contributed by atoms with Gasteiger partial charge in [-0.3, -0.25) is 9.79 Å². The fourth-order valence-electron chi connectivity index (χ4n) is 3.65. The van der Waals surface area contributed by atoms with Crippen LogP contribution in [0.5, 0.6) is 0 Å². The number of aromatic carboxylic acids is 1. The Balaban J connectivity index is 1.68. The Morgan fingerprint density at radius 2 is 1.68 bits per heavy atom. The summed E-state index contributed by atoms with van der Waals surface area (Å²) in [5.74, 6) is -1.19. The van der Waals surface area contributed by atoms with Gasteiger partial charge in [-0.2, -0.15) is 0 Å². The second-order valence-corrected chi connectivity index (χ2v) is 8.12. The molecule has 6 heteroatoms. The van der Waals surface area contributed by atoms with Crippen LogP contribution in [0.25, 0.3) is 11.1 Å². The fourth-order valence-corrected chi connectivity index (χ4v) is 4.15. The SMILES string of the molecule is O=C(O)c1cccc(-c2cccc(CC3(C(=O)c4ccc(Cl)cc4Cl)C=CC=N3)c2)c1. The molecule has 31 heavy (non-hydrogen) atoms. The smallest absolute Gasteiger partial charge is 0.335 e. The van der Waals surface area contributed by atoms with Crippen LogP contribution in [0.15, 0.2) is 83.9 Å². The summed E-state index contributed by atoms with van der Waals surface area (Å²) in [4.78, 5) is 29.2. The predicted molar refractivity (Wildman–Crippen MR) is 124 cm³/mol. The minimum absolute atomic E-state index is 0.211. The van der Waals surface area contributed by atoms with Gasteiger partial charge >= 0.3 is 5.97 Å². The quantitative estimate of drug-likeness (QED) is 0.457. The topological polar surface area (TPSA) is 66.7 Å². The lowest BCUT2D eigenvalue weighted by atomic mass is 9.84. The van der Waals surface area contributed by atoms with Crippen molar-refractivity contribution in [3.8, 4) is 11.1 Å². The van der Waals surface area contributed by atoms with Crippen molar-refractivity contribution in [2.45, 2.75) is 12.0 Å². The van der Waals surface area contributed by atoms with Crippen LogP contribution in [0.3, 0.4) is 0 Å². The van der Waals surface area contributed by atoms with Gasteiger partial charge in [0.25, 0.3) is 0 Å². The van der Waals surface area contributed by atoms with Gasteiger partial charge in [0.2, 0.25) is 0 Å². The molecule has 4 nitrogen and oxygen atoms in total. The van der Waals surface area contributed by atoms with E-state index in [2.05, 4.69) is 4.99 Å². The Labute approximate surface area is 189 Å². The number of carbonyl (C=O) groups excluding carboxylic acids is 1. The van der Waals surface area contributed by atoms with Crippen LogP contribution in [0, 0.1) is 0 Å². The highest BCUT2D eigenvalue weighted by Gasteiger charge is 2.38. The average molecular weight is 450 g/mol. The van der Waals surface area contributed by atoms with Crippen molar-refractivity contribution in [3.05, 3.63) is 106 Å². The molecule has 0 radical (unpaired) electrons. The molecule has 0 aromatic heterocycles. The van der Waals surface area contributed by atoms with Gasteiger partial charge in [-0.1, -0.05) is 59.6 Å². The average Bonchev–Trinajstić information content (AvgIpc) is 3.23. The number of carbonyl (C=O) groups is 2. The van der Waals surface area contributed by atoms with E-state index in [9.17, 15) is 14.7 Å². The molecule has 0 spiro atoms. The first-order valence-electron chi connectivity index (χ1n) is 9.53. The first kappa shape index (κ1) is 21.0. The predicted octanol–water partition coefficient (Wildman–Crippen LogP) is 6.16. The second-order valence-electron chi connectivity index (χ2n) is 7.28. The summed E-state index contributed by atoms with van der Waals surface area (Å²) in [7, 11) is 0. The van der Waals surface area contributed by atoms with Crippen molar-refractivity contribution in [2.75, 3.05) is 0 Å². The molecule has 0 saturated heterocycles. The van der Waals surface area contributed by atoms with Gasteiger partial charge in [0.05, 0.1) is 10.6 Å². The van der Waals surface area contributed by atoms with Crippen molar-refractivity contribution < 1.29 is 14.7 Å². The van der Waals surface area contributed by atoms with Crippen LogP contribution in [-0.2, 0) is 6.42 Å². The summed E-state index contributed by atoms with van der Waals surface area (Å²) < 4.78 is 0. The molecule has 0 aliphatic carbocycles. The second kappa shape index (κ2) is 8.50. The molecule has 1 aliphatic heterocycles. The molecule has 1 heterocycles. The zero-order valence-corrected chi connectivity index (χ0v) is 17.8. The number of halogens is 2. The van der Waals surface area contributed by atoms with E-state index in [0.717, 1.165) is 16.7 Å². The van der Waals surface area contributed by atoms with E-state index in [0.29, 0.717) is 17.0 Å². The highest BCUT2D eigenvalue weighted by atomic mass is 35.5. The molecule has 1 aliphatic rings. The molecule has 1 atom stereocenters. The van der Waals surface area contributed by atoms with Crippen LogP contribution < -0.4 is 0 Å². The summed E-state index contributed by atoms with van der Waals surface area (Å²) in [6.45, 7) is 0. The third kappa shape index (κ3) is 4.31. The highest BCUT2D eigenvalue weighted by Crippen LogP contribution is 2.32. The summed E-state index contributed by atoms with van der Waals surface area (Å²) in [6.07, 6.45) is 5.48. The normalized spacial score (nSPS) is 17.1.